The fourth-order valence-electron chi connectivity index (χ4n) is 3.72. The van der Waals surface area contributed by atoms with E-state index in [0.29, 0.717) is 6.42 Å². The van der Waals surface area contributed by atoms with Crippen molar-refractivity contribution in [2.75, 3.05) is 13.2 Å². The van der Waals surface area contributed by atoms with Crippen molar-refractivity contribution in [2.45, 2.75) is 65.1 Å². The average molecular weight is 392 g/mol. The van der Waals surface area contributed by atoms with Gasteiger partial charge >= 0.3 is 23.5 Å². The Hall–Kier alpha value is -1.19. The van der Waals surface area contributed by atoms with Gasteiger partial charge in [-0.3, -0.25) is 13.5 Å². The zero-order valence-electron chi connectivity index (χ0n) is 15.7. The maximum atomic E-state index is 12.0. The lowest BCUT2D eigenvalue weighted by atomic mass is 9.83. The van der Waals surface area contributed by atoms with E-state index in [0.717, 1.165) is 19.3 Å². The molecule has 0 amide bonds. The molecule has 0 heterocycles. The normalized spacial score (nSPS) is 31.5. The highest BCUT2D eigenvalue weighted by atomic mass is 32.2. The first-order valence-electron chi connectivity index (χ1n) is 8.91. The van der Waals surface area contributed by atoms with Crippen LogP contribution in [0.2, 0.25) is 0 Å². The largest absolute Gasteiger partial charge is 0.509 e. The first-order chi connectivity index (χ1) is 12.1. The summed E-state index contributed by atoms with van der Waals surface area (Å²) in [6, 6.07) is 0. The van der Waals surface area contributed by atoms with Gasteiger partial charge in [0.2, 0.25) is 0 Å². The van der Waals surface area contributed by atoms with Gasteiger partial charge in [-0.15, -0.1) is 0 Å². The maximum absolute atomic E-state index is 12.0. The van der Waals surface area contributed by atoms with E-state index in [1.54, 1.807) is 20.8 Å². The second-order valence-electron chi connectivity index (χ2n) is 7.76. The minimum Gasteiger partial charge on any atom is -0.462 e. The van der Waals surface area contributed by atoms with E-state index in [9.17, 15) is 13.8 Å². The summed E-state index contributed by atoms with van der Waals surface area (Å²) in [4.78, 5) is 23.9. The Balaban J connectivity index is 1.81. The molecule has 0 radical (unpaired) electrons. The molecule has 1 N–H and O–H groups in total. The number of fused-ring (bicyclic) bond motifs is 2. The molecule has 150 valence electrons. The molecule has 9 heteroatoms. The molecule has 2 fully saturated rings. The van der Waals surface area contributed by atoms with Crippen LogP contribution < -0.4 is 0 Å². The van der Waals surface area contributed by atoms with Gasteiger partial charge in [0.05, 0.1) is 5.41 Å². The lowest BCUT2D eigenvalue weighted by Gasteiger charge is -2.38. The van der Waals surface area contributed by atoms with Crippen LogP contribution in [0.3, 0.4) is 0 Å². The summed E-state index contributed by atoms with van der Waals surface area (Å²) >= 11 is -2.43. The highest BCUT2D eigenvalue weighted by molar-refractivity contribution is 7.74. The van der Waals surface area contributed by atoms with Crippen molar-refractivity contribution in [3.05, 3.63) is 0 Å². The zero-order valence-corrected chi connectivity index (χ0v) is 16.5. The molecule has 0 aromatic heterocycles. The topological polar surface area (TPSA) is 108 Å². The molecule has 2 aliphatic rings. The number of hydrogen-bond acceptors (Lipinski definition) is 7. The van der Waals surface area contributed by atoms with E-state index in [4.69, 9.17) is 22.9 Å². The van der Waals surface area contributed by atoms with Crippen LogP contribution >= 0.6 is 0 Å². The molecule has 0 spiro atoms. The summed E-state index contributed by atoms with van der Waals surface area (Å²) in [5, 5.41) is 0. The number of carbonyl (C=O) groups excluding carboxylic acids is 2. The average Bonchev–Trinajstić information content (AvgIpc) is 3.13. The van der Waals surface area contributed by atoms with E-state index in [1.165, 1.54) is 0 Å². The fourth-order valence-corrected chi connectivity index (χ4v) is 4.25. The SMILES string of the molecule is CCC(C)(C)C(=O)OCCOC(=O)OC1(C)C2CCC(C2)C1OS(=O)O. The van der Waals surface area contributed by atoms with Gasteiger partial charge in [0.1, 0.15) is 24.9 Å². The third kappa shape index (κ3) is 4.55. The molecule has 2 bridgehead atoms. The smallest absolute Gasteiger partial charge is 0.462 e. The van der Waals surface area contributed by atoms with Crippen LogP contribution in [0.5, 0.6) is 0 Å². The first kappa shape index (κ1) is 21.1. The van der Waals surface area contributed by atoms with Crippen molar-refractivity contribution in [3.8, 4) is 0 Å². The van der Waals surface area contributed by atoms with Crippen molar-refractivity contribution in [3.63, 3.8) is 0 Å². The Morgan fingerprint density at radius 1 is 1.23 bits per heavy atom. The van der Waals surface area contributed by atoms with Gasteiger partial charge in [0.25, 0.3) is 0 Å². The van der Waals surface area contributed by atoms with Crippen molar-refractivity contribution >= 4 is 23.5 Å². The highest BCUT2D eigenvalue weighted by Gasteiger charge is 2.60. The number of esters is 1. The Bertz CT molecular complexity index is 563. The zero-order chi connectivity index (χ0) is 19.5. The number of carbonyl (C=O) groups is 2. The summed E-state index contributed by atoms with van der Waals surface area (Å²) in [5.41, 5.74) is -1.58. The van der Waals surface area contributed by atoms with Crippen LogP contribution in [0.25, 0.3) is 0 Å². The van der Waals surface area contributed by atoms with Crippen LogP contribution in [-0.2, 0) is 34.5 Å². The molecule has 0 aromatic carbocycles. The lowest BCUT2D eigenvalue weighted by molar-refractivity contribution is -0.156. The molecule has 0 saturated heterocycles. The van der Waals surface area contributed by atoms with E-state index in [1.807, 2.05) is 6.92 Å². The Morgan fingerprint density at radius 2 is 1.88 bits per heavy atom. The van der Waals surface area contributed by atoms with Crippen LogP contribution in [0.15, 0.2) is 0 Å². The van der Waals surface area contributed by atoms with Gasteiger partial charge in [-0.05, 0) is 52.4 Å². The minimum absolute atomic E-state index is 0.0548. The lowest BCUT2D eigenvalue weighted by Crippen LogP contribution is -2.50. The Morgan fingerprint density at radius 3 is 2.50 bits per heavy atom. The second-order valence-corrected chi connectivity index (χ2v) is 8.39. The molecular formula is C17H28O8S. The Labute approximate surface area is 156 Å². The number of rotatable bonds is 8. The third-order valence-electron chi connectivity index (χ3n) is 5.74. The van der Waals surface area contributed by atoms with Gasteiger partial charge < -0.3 is 14.2 Å². The van der Waals surface area contributed by atoms with Crippen LogP contribution in [0.4, 0.5) is 4.79 Å². The number of hydrogen-bond donors (Lipinski definition) is 1. The molecule has 26 heavy (non-hydrogen) atoms. The number of ether oxygens (including phenoxy) is 3. The molecular weight excluding hydrogens is 364 g/mol. The van der Waals surface area contributed by atoms with Crippen LogP contribution in [0, 0.1) is 17.3 Å². The molecule has 0 aromatic rings. The van der Waals surface area contributed by atoms with E-state index >= 15 is 0 Å². The minimum atomic E-state index is -2.43. The molecule has 8 nitrogen and oxygen atoms in total. The van der Waals surface area contributed by atoms with E-state index < -0.39 is 34.6 Å². The summed E-state index contributed by atoms with van der Waals surface area (Å²) in [6.45, 7) is 6.99. The summed E-state index contributed by atoms with van der Waals surface area (Å²) in [6.07, 6.45) is 1.64. The molecule has 2 rings (SSSR count). The molecule has 0 aliphatic heterocycles. The second kappa shape index (κ2) is 8.22. The molecule has 2 saturated carbocycles. The fraction of sp³-hybridized carbons (Fsp3) is 0.882. The van der Waals surface area contributed by atoms with Gasteiger partial charge in [-0.1, -0.05) is 6.92 Å². The predicted octanol–water partition coefficient (Wildman–Crippen LogP) is 2.83. The maximum Gasteiger partial charge on any atom is 0.509 e. The van der Waals surface area contributed by atoms with E-state index in [2.05, 4.69) is 0 Å². The van der Waals surface area contributed by atoms with Gasteiger partial charge in [-0.2, -0.15) is 4.21 Å². The standard InChI is InChI=1S/C17H28O8S/c1-5-16(2,3)14(18)22-8-9-23-15(19)24-17(4)12-7-6-11(10-12)13(17)25-26(20)21/h11-13H,5-10H2,1-4H3,(H,20,21). The first-order valence-corrected chi connectivity index (χ1v) is 9.94. The van der Waals surface area contributed by atoms with Crippen molar-refractivity contribution < 1.29 is 36.7 Å². The quantitative estimate of drug-likeness (QED) is 0.382. The van der Waals surface area contributed by atoms with Gasteiger partial charge in [0, 0.05) is 5.92 Å². The van der Waals surface area contributed by atoms with Gasteiger partial charge in [0.15, 0.2) is 0 Å². The van der Waals surface area contributed by atoms with Crippen molar-refractivity contribution in [2.24, 2.45) is 17.3 Å². The molecule has 2 aliphatic carbocycles. The van der Waals surface area contributed by atoms with E-state index in [-0.39, 0.29) is 31.0 Å². The predicted molar refractivity (Wildman–Crippen MR) is 92.3 cm³/mol. The van der Waals surface area contributed by atoms with Crippen molar-refractivity contribution in [1.29, 1.82) is 0 Å². The Kier molecular flexibility index (Phi) is 6.68. The summed E-state index contributed by atoms with van der Waals surface area (Å²) < 4.78 is 40.8. The van der Waals surface area contributed by atoms with Crippen molar-refractivity contribution in [1.82, 2.24) is 0 Å². The highest BCUT2D eigenvalue weighted by Crippen LogP contribution is 2.54. The summed E-state index contributed by atoms with van der Waals surface area (Å²) in [5.74, 6) is -0.196. The molecule has 5 atom stereocenters. The monoisotopic (exact) mass is 392 g/mol. The third-order valence-corrected chi connectivity index (χ3v) is 6.11. The van der Waals surface area contributed by atoms with Crippen LogP contribution in [-0.4, -0.2) is 45.8 Å². The summed E-state index contributed by atoms with van der Waals surface area (Å²) in [7, 11) is 0. The van der Waals surface area contributed by atoms with Gasteiger partial charge in [-0.25, -0.2) is 4.79 Å². The van der Waals surface area contributed by atoms with Crippen LogP contribution in [0.1, 0.15) is 53.4 Å². The molecule has 5 unspecified atom stereocenters.